The van der Waals surface area contributed by atoms with Crippen LogP contribution in [-0.4, -0.2) is 28.6 Å². The highest BCUT2D eigenvalue weighted by molar-refractivity contribution is 7.92. The van der Waals surface area contributed by atoms with Gasteiger partial charge in [0, 0.05) is 5.69 Å². The molecule has 2 aromatic carbocycles. The lowest BCUT2D eigenvalue weighted by molar-refractivity contribution is 0.0601. The Kier molecular flexibility index (Phi) is 5.69. The molecule has 0 bridgehead atoms. The molecule has 2 aromatic rings. The number of carbonyl (C=O) groups excluding carboxylic acids is 1. The molecule has 0 spiro atoms. The lowest BCUT2D eigenvalue weighted by Gasteiger charge is -2.14. The molecule has 0 saturated heterocycles. The first-order chi connectivity index (χ1) is 11.8. The van der Waals surface area contributed by atoms with Crippen LogP contribution in [0.4, 0.5) is 5.69 Å². The smallest absolute Gasteiger partial charge is 0.337 e. The topological polar surface area (TPSA) is 81.7 Å². The van der Waals surface area contributed by atoms with E-state index < -0.39 is 16.0 Å². The molecule has 134 valence electrons. The molecule has 6 nitrogen and oxygen atoms in total. The quantitative estimate of drug-likeness (QED) is 0.796. The van der Waals surface area contributed by atoms with Crippen LogP contribution in [0.15, 0.2) is 47.4 Å². The van der Waals surface area contributed by atoms with Gasteiger partial charge < -0.3 is 9.47 Å². The first kappa shape index (κ1) is 18.8. The van der Waals surface area contributed by atoms with Gasteiger partial charge in [-0.2, -0.15) is 0 Å². The summed E-state index contributed by atoms with van der Waals surface area (Å²) in [7, 11) is -0.986. The number of methoxy groups -OCH3 is 2. The Bertz CT molecular complexity index is 875. The zero-order valence-corrected chi connectivity index (χ0v) is 15.4. The minimum atomic E-state index is -3.80. The summed E-state index contributed by atoms with van der Waals surface area (Å²) in [6.45, 7) is 3.92. The number of benzene rings is 2. The monoisotopic (exact) mass is 363 g/mol. The van der Waals surface area contributed by atoms with Gasteiger partial charge in [0.15, 0.2) is 0 Å². The fourth-order valence-corrected chi connectivity index (χ4v) is 3.46. The number of esters is 1. The second-order valence-corrected chi connectivity index (χ2v) is 7.42. The average molecular weight is 363 g/mol. The summed E-state index contributed by atoms with van der Waals surface area (Å²) in [6, 6.07) is 10.8. The molecule has 0 atom stereocenters. The molecule has 0 saturated carbocycles. The molecule has 0 heterocycles. The van der Waals surface area contributed by atoms with E-state index in [4.69, 9.17) is 4.74 Å². The van der Waals surface area contributed by atoms with E-state index in [1.165, 1.54) is 19.2 Å². The van der Waals surface area contributed by atoms with Crippen molar-refractivity contribution in [2.45, 2.75) is 24.7 Å². The molecule has 7 heteroatoms. The van der Waals surface area contributed by atoms with Crippen LogP contribution in [0.3, 0.4) is 0 Å². The van der Waals surface area contributed by atoms with E-state index in [9.17, 15) is 13.2 Å². The molecule has 0 aromatic heterocycles. The van der Waals surface area contributed by atoms with Gasteiger partial charge >= 0.3 is 5.97 Å². The minimum absolute atomic E-state index is 0.104. The lowest BCUT2D eigenvalue weighted by Crippen LogP contribution is -2.14. The first-order valence-corrected chi connectivity index (χ1v) is 9.16. The van der Waals surface area contributed by atoms with E-state index in [1.807, 2.05) is 13.8 Å². The fourth-order valence-electron chi connectivity index (χ4n) is 2.37. The van der Waals surface area contributed by atoms with Crippen LogP contribution < -0.4 is 9.46 Å². The molecule has 1 N–H and O–H groups in total. The molecule has 0 amide bonds. The van der Waals surface area contributed by atoms with Crippen molar-refractivity contribution in [3.63, 3.8) is 0 Å². The van der Waals surface area contributed by atoms with Gasteiger partial charge in [0.2, 0.25) is 0 Å². The van der Waals surface area contributed by atoms with Gasteiger partial charge in [-0.15, -0.1) is 0 Å². The third-order valence-electron chi connectivity index (χ3n) is 3.67. The summed E-state index contributed by atoms with van der Waals surface area (Å²) < 4.78 is 37.7. The molecule has 0 aliphatic rings. The average Bonchev–Trinajstić information content (AvgIpc) is 2.60. The van der Waals surface area contributed by atoms with Gasteiger partial charge in [0.05, 0.1) is 24.7 Å². The summed E-state index contributed by atoms with van der Waals surface area (Å²) >= 11 is 0. The zero-order valence-electron chi connectivity index (χ0n) is 14.6. The van der Waals surface area contributed by atoms with Crippen LogP contribution >= 0.6 is 0 Å². The number of ether oxygens (including phenoxy) is 2. The fraction of sp³-hybridized carbons (Fsp3) is 0.278. The number of hydrogen-bond acceptors (Lipinski definition) is 5. The van der Waals surface area contributed by atoms with Crippen molar-refractivity contribution in [1.82, 2.24) is 0 Å². The highest BCUT2D eigenvalue weighted by Gasteiger charge is 2.18. The third kappa shape index (κ3) is 4.30. The van der Waals surface area contributed by atoms with Gasteiger partial charge in [-0.05, 0) is 47.9 Å². The Morgan fingerprint density at radius 3 is 2.40 bits per heavy atom. The second kappa shape index (κ2) is 7.57. The Labute approximate surface area is 147 Å². The highest BCUT2D eigenvalue weighted by Crippen LogP contribution is 2.29. The largest absolute Gasteiger partial charge is 0.496 e. The van der Waals surface area contributed by atoms with Crippen molar-refractivity contribution in [3.8, 4) is 5.75 Å². The molecular weight excluding hydrogens is 342 g/mol. The Morgan fingerprint density at radius 2 is 1.80 bits per heavy atom. The Hall–Kier alpha value is -2.54. The van der Waals surface area contributed by atoms with Crippen LogP contribution in [0.25, 0.3) is 0 Å². The standard InChI is InChI=1S/C18H21NO5S/c1-12(2)16-11-15(8-9-17(16)23-3)25(21,22)19-14-7-5-6-13(10-14)18(20)24-4/h5-12,19H,1-4H3. The van der Waals surface area contributed by atoms with Gasteiger partial charge in [-0.1, -0.05) is 19.9 Å². The SMILES string of the molecule is COC(=O)c1cccc(NS(=O)(=O)c2ccc(OC)c(C(C)C)c2)c1. The van der Waals surface area contributed by atoms with E-state index in [2.05, 4.69) is 9.46 Å². The van der Waals surface area contributed by atoms with E-state index in [0.717, 1.165) is 5.56 Å². The predicted octanol–water partition coefficient (Wildman–Crippen LogP) is 3.41. The van der Waals surface area contributed by atoms with Crippen molar-refractivity contribution >= 4 is 21.7 Å². The van der Waals surface area contributed by atoms with Crippen molar-refractivity contribution in [1.29, 1.82) is 0 Å². The van der Waals surface area contributed by atoms with Gasteiger partial charge in [-0.3, -0.25) is 4.72 Å². The van der Waals surface area contributed by atoms with Crippen molar-refractivity contribution in [3.05, 3.63) is 53.6 Å². The Balaban J connectivity index is 2.37. The van der Waals surface area contributed by atoms with Crippen LogP contribution in [0.2, 0.25) is 0 Å². The lowest BCUT2D eigenvalue weighted by atomic mass is 10.0. The van der Waals surface area contributed by atoms with E-state index >= 15 is 0 Å². The van der Waals surface area contributed by atoms with Crippen LogP contribution in [0, 0.1) is 0 Å². The second-order valence-electron chi connectivity index (χ2n) is 5.74. The van der Waals surface area contributed by atoms with Crippen molar-refractivity contribution < 1.29 is 22.7 Å². The maximum Gasteiger partial charge on any atom is 0.337 e. The molecule has 25 heavy (non-hydrogen) atoms. The summed E-state index contributed by atoms with van der Waals surface area (Å²) in [5.41, 5.74) is 1.35. The molecule has 2 rings (SSSR count). The Morgan fingerprint density at radius 1 is 1.08 bits per heavy atom. The number of sulfonamides is 1. The number of nitrogens with one attached hydrogen (secondary N) is 1. The number of rotatable bonds is 6. The number of anilines is 1. The van der Waals surface area contributed by atoms with Gasteiger partial charge in [0.1, 0.15) is 5.75 Å². The van der Waals surface area contributed by atoms with Gasteiger partial charge in [0.25, 0.3) is 10.0 Å². The van der Waals surface area contributed by atoms with Gasteiger partial charge in [-0.25, -0.2) is 13.2 Å². The summed E-state index contributed by atoms with van der Waals surface area (Å²) in [4.78, 5) is 11.7. The van der Waals surface area contributed by atoms with Crippen molar-refractivity contribution in [2.75, 3.05) is 18.9 Å². The number of carbonyl (C=O) groups is 1. The number of hydrogen-bond donors (Lipinski definition) is 1. The summed E-state index contributed by atoms with van der Waals surface area (Å²) in [5, 5.41) is 0. The van der Waals surface area contributed by atoms with E-state index in [1.54, 1.807) is 37.4 Å². The third-order valence-corrected chi connectivity index (χ3v) is 5.05. The molecule has 0 fully saturated rings. The minimum Gasteiger partial charge on any atom is -0.496 e. The maximum atomic E-state index is 12.7. The maximum absolute atomic E-state index is 12.7. The highest BCUT2D eigenvalue weighted by atomic mass is 32.2. The predicted molar refractivity (Wildman–Crippen MR) is 95.7 cm³/mol. The molecule has 0 aliphatic carbocycles. The zero-order chi connectivity index (χ0) is 18.6. The molecule has 0 radical (unpaired) electrons. The molecular formula is C18H21NO5S. The molecule has 0 unspecified atom stereocenters. The van der Waals surface area contributed by atoms with Crippen LogP contribution in [-0.2, 0) is 14.8 Å². The summed E-state index contributed by atoms with van der Waals surface area (Å²) in [5.74, 6) is 0.210. The van der Waals surface area contributed by atoms with Crippen molar-refractivity contribution in [2.24, 2.45) is 0 Å². The van der Waals surface area contributed by atoms with Crippen LogP contribution in [0.5, 0.6) is 5.75 Å². The van der Waals surface area contributed by atoms with E-state index in [0.29, 0.717) is 5.75 Å². The molecule has 0 aliphatic heterocycles. The normalized spacial score (nSPS) is 11.2. The first-order valence-electron chi connectivity index (χ1n) is 7.67. The van der Waals surface area contributed by atoms with Crippen LogP contribution in [0.1, 0.15) is 35.7 Å². The summed E-state index contributed by atoms with van der Waals surface area (Å²) in [6.07, 6.45) is 0. The van der Waals surface area contributed by atoms with E-state index in [-0.39, 0.29) is 22.1 Å².